The summed E-state index contributed by atoms with van der Waals surface area (Å²) in [7, 11) is 0. The highest BCUT2D eigenvalue weighted by molar-refractivity contribution is 7.12. The Morgan fingerprint density at radius 2 is 1.90 bits per heavy atom. The van der Waals surface area contributed by atoms with Crippen LogP contribution in [0.15, 0.2) is 41.8 Å². The highest BCUT2D eigenvalue weighted by atomic mass is 35.5. The molecule has 3 nitrogen and oxygen atoms in total. The molecular weight excluding hydrogens is 304 g/mol. The molecule has 1 aliphatic rings. The Morgan fingerprint density at radius 3 is 2.71 bits per heavy atom. The summed E-state index contributed by atoms with van der Waals surface area (Å²) < 4.78 is 0. The summed E-state index contributed by atoms with van der Waals surface area (Å²) in [6.45, 7) is 3.53. The summed E-state index contributed by atoms with van der Waals surface area (Å²) in [5, 5.41) is 5.34. The number of nitrogens with one attached hydrogen (secondary N) is 1. The van der Waals surface area contributed by atoms with Crippen LogP contribution in [0.5, 0.6) is 0 Å². The van der Waals surface area contributed by atoms with Gasteiger partial charge in [0.2, 0.25) is 0 Å². The molecule has 1 saturated heterocycles. The van der Waals surface area contributed by atoms with E-state index in [9.17, 15) is 4.79 Å². The summed E-state index contributed by atoms with van der Waals surface area (Å²) in [6, 6.07) is 12.2. The highest BCUT2D eigenvalue weighted by Gasteiger charge is 2.21. The Labute approximate surface area is 135 Å². The first kappa shape index (κ1) is 16.0. The number of benzene rings is 1. The van der Waals surface area contributed by atoms with Gasteiger partial charge >= 0.3 is 0 Å². The Morgan fingerprint density at radius 1 is 1.10 bits per heavy atom. The van der Waals surface area contributed by atoms with Crippen LogP contribution in [-0.2, 0) is 0 Å². The molecule has 2 aromatic rings. The van der Waals surface area contributed by atoms with Crippen molar-refractivity contribution < 1.29 is 4.79 Å². The smallest absolute Gasteiger partial charge is 0.264 e. The van der Waals surface area contributed by atoms with Crippen LogP contribution in [-0.4, -0.2) is 37.0 Å². The maximum Gasteiger partial charge on any atom is 0.264 e. The van der Waals surface area contributed by atoms with E-state index < -0.39 is 0 Å². The minimum Gasteiger partial charge on any atom is -0.337 e. The summed E-state index contributed by atoms with van der Waals surface area (Å²) in [5.41, 5.74) is 2.17. The zero-order chi connectivity index (χ0) is 13.8. The largest absolute Gasteiger partial charge is 0.337 e. The van der Waals surface area contributed by atoms with E-state index in [-0.39, 0.29) is 18.3 Å². The number of carbonyl (C=O) groups is 1. The van der Waals surface area contributed by atoms with E-state index in [4.69, 9.17) is 0 Å². The topological polar surface area (TPSA) is 32.3 Å². The summed E-state index contributed by atoms with van der Waals surface area (Å²) in [4.78, 5) is 15.5. The Kier molecular flexibility index (Phi) is 5.79. The van der Waals surface area contributed by atoms with Crippen molar-refractivity contribution in [2.45, 2.75) is 6.42 Å². The summed E-state index contributed by atoms with van der Waals surface area (Å²) in [6.07, 6.45) is 1.03. The van der Waals surface area contributed by atoms with Gasteiger partial charge < -0.3 is 10.2 Å². The van der Waals surface area contributed by atoms with Crippen molar-refractivity contribution in [3.8, 4) is 11.1 Å². The molecule has 1 fully saturated rings. The molecule has 0 radical (unpaired) electrons. The molecule has 0 spiro atoms. The molecule has 1 aromatic heterocycles. The Balaban J connectivity index is 0.00000161. The van der Waals surface area contributed by atoms with Crippen LogP contribution in [0.25, 0.3) is 11.1 Å². The average molecular weight is 323 g/mol. The van der Waals surface area contributed by atoms with Gasteiger partial charge in [-0.2, -0.15) is 0 Å². The highest BCUT2D eigenvalue weighted by Crippen LogP contribution is 2.29. The third-order valence-corrected chi connectivity index (χ3v) is 4.47. The molecule has 0 saturated carbocycles. The van der Waals surface area contributed by atoms with E-state index >= 15 is 0 Å². The van der Waals surface area contributed by atoms with E-state index in [1.807, 2.05) is 34.5 Å². The van der Waals surface area contributed by atoms with Gasteiger partial charge in [0.1, 0.15) is 0 Å². The van der Waals surface area contributed by atoms with Crippen molar-refractivity contribution in [2.24, 2.45) is 0 Å². The molecule has 0 bridgehead atoms. The van der Waals surface area contributed by atoms with Crippen molar-refractivity contribution in [1.29, 1.82) is 0 Å². The maximum absolute atomic E-state index is 12.7. The number of nitrogens with zero attached hydrogens (tertiary/aromatic N) is 1. The van der Waals surface area contributed by atoms with Gasteiger partial charge in [-0.05, 0) is 30.0 Å². The maximum atomic E-state index is 12.7. The lowest BCUT2D eigenvalue weighted by Crippen LogP contribution is -2.33. The number of rotatable bonds is 2. The minimum absolute atomic E-state index is 0. The fraction of sp³-hybridized carbons (Fsp3) is 0.312. The Bertz CT molecular complexity index is 577. The van der Waals surface area contributed by atoms with Crippen LogP contribution in [0.1, 0.15) is 16.1 Å². The van der Waals surface area contributed by atoms with Crippen LogP contribution in [0.4, 0.5) is 0 Å². The fourth-order valence-electron chi connectivity index (χ4n) is 2.51. The molecule has 0 aliphatic carbocycles. The molecule has 3 rings (SSSR count). The van der Waals surface area contributed by atoms with Gasteiger partial charge in [0.25, 0.3) is 5.91 Å². The van der Waals surface area contributed by atoms with Crippen molar-refractivity contribution in [3.05, 3.63) is 46.7 Å². The zero-order valence-corrected chi connectivity index (χ0v) is 13.4. The molecule has 2 heterocycles. The number of carbonyl (C=O) groups excluding carboxylic acids is 1. The third kappa shape index (κ3) is 3.64. The number of hydrogen-bond donors (Lipinski definition) is 1. The van der Waals surface area contributed by atoms with Gasteiger partial charge in [-0.15, -0.1) is 23.7 Å². The second kappa shape index (κ2) is 7.59. The van der Waals surface area contributed by atoms with E-state index in [2.05, 4.69) is 17.4 Å². The number of thiophene rings is 1. The molecule has 5 heteroatoms. The predicted octanol–water partition coefficient (Wildman–Crippen LogP) is 3.27. The minimum atomic E-state index is 0. The van der Waals surface area contributed by atoms with Crippen LogP contribution >= 0.6 is 23.7 Å². The fourth-order valence-corrected chi connectivity index (χ4v) is 3.40. The molecule has 1 aliphatic heterocycles. The average Bonchev–Trinajstić information content (AvgIpc) is 2.82. The first-order valence-corrected chi connectivity index (χ1v) is 7.87. The zero-order valence-electron chi connectivity index (χ0n) is 11.7. The molecule has 21 heavy (non-hydrogen) atoms. The molecule has 1 aromatic carbocycles. The third-order valence-electron chi connectivity index (χ3n) is 3.57. The van der Waals surface area contributed by atoms with Gasteiger partial charge in [-0.3, -0.25) is 4.79 Å². The van der Waals surface area contributed by atoms with Gasteiger partial charge in [-0.1, -0.05) is 30.3 Å². The first-order chi connectivity index (χ1) is 9.86. The van der Waals surface area contributed by atoms with Crippen LogP contribution < -0.4 is 5.32 Å². The Hall–Kier alpha value is -1.36. The lowest BCUT2D eigenvalue weighted by molar-refractivity contribution is 0.0772. The lowest BCUT2D eigenvalue weighted by atomic mass is 10.1. The molecule has 0 unspecified atom stereocenters. The van der Waals surface area contributed by atoms with E-state index in [1.54, 1.807) is 11.3 Å². The quantitative estimate of drug-likeness (QED) is 0.920. The van der Waals surface area contributed by atoms with E-state index in [0.717, 1.165) is 48.6 Å². The molecule has 0 atom stereocenters. The molecule has 112 valence electrons. The monoisotopic (exact) mass is 322 g/mol. The summed E-state index contributed by atoms with van der Waals surface area (Å²) in [5.74, 6) is 0.169. The normalized spacial score (nSPS) is 15.1. The standard InChI is InChI=1S/C16H18N2OS.ClH/c19-16(18-10-4-8-17-9-11-18)15-14(7-12-20-15)13-5-2-1-3-6-13;/h1-3,5-7,12,17H,4,8-11H2;1H. The van der Waals surface area contributed by atoms with Gasteiger partial charge in [0, 0.05) is 25.2 Å². The summed E-state index contributed by atoms with van der Waals surface area (Å²) >= 11 is 1.54. The van der Waals surface area contributed by atoms with Gasteiger partial charge in [-0.25, -0.2) is 0 Å². The van der Waals surface area contributed by atoms with Gasteiger partial charge in [0.05, 0.1) is 4.88 Å². The van der Waals surface area contributed by atoms with Crippen molar-refractivity contribution in [2.75, 3.05) is 26.2 Å². The first-order valence-electron chi connectivity index (χ1n) is 6.99. The second-order valence-electron chi connectivity index (χ2n) is 4.93. The van der Waals surface area contributed by atoms with Crippen molar-refractivity contribution in [1.82, 2.24) is 10.2 Å². The number of halogens is 1. The lowest BCUT2D eigenvalue weighted by Gasteiger charge is -2.20. The van der Waals surface area contributed by atoms with Crippen LogP contribution in [0, 0.1) is 0 Å². The van der Waals surface area contributed by atoms with E-state index in [0.29, 0.717) is 0 Å². The number of hydrogen-bond acceptors (Lipinski definition) is 3. The predicted molar refractivity (Wildman–Crippen MR) is 90.4 cm³/mol. The number of amides is 1. The van der Waals surface area contributed by atoms with Crippen molar-refractivity contribution in [3.63, 3.8) is 0 Å². The van der Waals surface area contributed by atoms with Gasteiger partial charge in [0.15, 0.2) is 0 Å². The van der Waals surface area contributed by atoms with Crippen molar-refractivity contribution >= 4 is 29.7 Å². The molecular formula is C16H19ClN2OS. The SMILES string of the molecule is Cl.O=C(c1sccc1-c1ccccc1)N1CCCNCC1. The van der Waals surface area contributed by atoms with E-state index in [1.165, 1.54) is 0 Å². The second-order valence-corrected chi connectivity index (χ2v) is 5.84. The molecule has 1 N–H and O–H groups in total. The molecule has 1 amide bonds. The van der Waals surface area contributed by atoms with Crippen LogP contribution in [0.3, 0.4) is 0 Å². The van der Waals surface area contributed by atoms with Crippen LogP contribution in [0.2, 0.25) is 0 Å².